The van der Waals surface area contributed by atoms with E-state index in [-0.39, 0.29) is 41.4 Å². The summed E-state index contributed by atoms with van der Waals surface area (Å²) in [7, 11) is 8.92. The molecule has 7 heterocycles. The average molecular weight is 797 g/mol. The highest BCUT2D eigenvalue weighted by atomic mass is 35.5. The number of ketones is 1. The summed E-state index contributed by atoms with van der Waals surface area (Å²) in [6.07, 6.45) is 12.8. The van der Waals surface area contributed by atoms with E-state index in [1.54, 1.807) is 34.2 Å². The molecular weight excluding hydrogens is 752 g/mol. The van der Waals surface area contributed by atoms with Crippen LogP contribution in [0.5, 0.6) is 0 Å². The first-order chi connectivity index (χ1) is 25.6. The number of pyridine rings is 2. The van der Waals surface area contributed by atoms with Crippen LogP contribution >= 0.6 is 35.1 Å². The van der Waals surface area contributed by atoms with E-state index in [0.717, 1.165) is 88.5 Å². The molecule has 0 aromatic carbocycles. The van der Waals surface area contributed by atoms with Gasteiger partial charge in [0.1, 0.15) is 24.8 Å². The Morgan fingerprint density at radius 3 is 1.56 bits per heavy atom. The molecule has 0 unspecified atom stereocenters. The van der Waals surface area contributed by atoms with Crippen molar-refractivity contribution in [3.05, 3.63) is 57.9 Å². The van der Waals surface area contributed by atoms with E-state index >= 15 is 0 Å². The molecule has 2 aliphatic carbocycles. The molecule has 3 aliphatic rings. The van der Waals surface area contributed by atoms with Crippen molar-refractivity contribution in [2.45, 2.75) is 69.2 Å². The van der Waals surface area contributed by atoms with Gasteiger partial charge >= 0.3 is 0 Å². The van der Waals surface area contributed by atoms with Crippen LogP contribution in [0.1, 0.15) is 63.5 Å². The number of hydrogen-bond donors (Lipinski definition) is 1. The van der Waals surface area contributed by atoms with Crippen molar-refractivity contribution in [3.63, 3.8) is 0 Å². The smallest absolute Gasteiger partial charge is 0.271 e. The first-order valence-electron chi connectivity index (χ1n) is 17.8. The fourth-order valence-corrected chi connectivity index (χ4v) is 9.78. The van der Waals surface area contributed by atoms with Crippen molar-refractivity contribution in [1.29, 1.82) is 0 Å². The molecular formula is C37H45ClN8O6S2. The molecule has 1 N–H and O–H groups in total. The van der Waals surface area contributed by atoms with E-state index < -0.39 is 5.79 Å². The normalized spacial score (nSPS) is 17.3. The van der Waals surface area contributed by atoms with Crippen molar-refractivity contribution in [3.8, 4) is 0 Å². The van der Waals surface area contributed by atoms with Gasteiger partial charge in [-0.05, 0) is 37.8 Å². The van der Waals surface area contributed by atoms with Crippen LogP contribution in [-0.2, 0) is 14.3 Å². The Labute approximate surface area is 325 Å². The summed E-state index contributed by atoms with van der Waals surface area (Å²) in [4.78, 5) is 61.5. The lowest BCUT2D eigenvalue weighted by molar-refractivity contribution is -0.181. The van der Waals surface area contributed by atoms with Crippen LogP contribution < -0.4 is 20.9 Å². The predicted molar refractivity (Wildman–Crippen MR) is 217 cm³/mol. The molecule has 0 atom stereocenters. The molecule has 1 saturated heterocycles. The third-order valence-corrected chi connectivity index (χ3v) is 12.5. The van der Waals surface area contributed by atoms with E-state index in [4.69, 9.17) is 14.6 Å². The lowest BCUT2D eigenvalue weighted by Crippen LogP contribution is -2.37. The van der Waals surface area contributed by atoms with Gasteiger partial charge in [-0.15, -0.1) is 35.1 Å². The molecule has 6 aromatic rings. The van der Waals surface area contributed by atoms with Gasteiger partial charge in [0.15, 0.2) is 5.79 Å². The van der Waals surface area contributed by atoms with E-state index in [2.05, 4.69) is 19.9 Å². The zero-order valence-electron chi connectivity index (χ0n) is 31.0. The molecule has 14 nitrogen and oxygen atoms in total. The molecule has 1 spiro atoms. The second-order valence-corrected chi connectivity index (χ2v) is 15.9. The zero-order chi connectivity index (χ0) is 37.4. The highest BCUT2D eigenvalue weighted by Gasteiger charge is 2.41. The van der Waals surface area contributed by atoms with Crippen LogP contribution in [0.4, 0.5) is 11.4 Å². The Balaban J connectivity index is 0.000000174. The second kappa shape index (κ2) is 16.4. The Morgan fingerprint density at radius 1 is 0.704 bits per heavy atom. The Morgan fingerprint density at radius 2 is 1.13 bits per heavy atom. The molecule has 2 saturated carbocycles. The number of Topliss-reactive ketones (excluding diaryl/α,β-unsaturated/α-hetero) is 1. The molecule has 1 aliphatic heterocycles. The lowest BCUT2D eigenvalue weighted by atomic mass is 9.90. The van der Waals surface area contributed by atoms with Crippen LogP contribution in [0, 0.1) is 0 Å². The summed E-state index contributed by atoms with van der Waals surface area (Å²) in [5.41, 5.74) is 3.53. The minimum Gasteiger partial charge on any atom is -0.400 e. The van der Waals surface area contributed by atoms with Gasteiger partial charge in [-0.3, -0.25) is 23.5 Å². The van der Waals surface area contributed by atoms with Crippen molar-refractivity contribution >= 4 is 93.1 Å². The standard InChI is InChI=1S/C19H22N4O3S.C17H18N4O2S.CH4O.ClH/c1-22(2)13-5-8-20-17-14(13)15-16(27-17)18(24)23(11-21-15)12-3-6-19(7-4-12)25-9-10-26-19;1-20(2)12-7-8-18-16-13(12)14-15(24-16)17(23)21(9-19-14)10-3-5-11(22)6-4-10;1-2;/h5,8,11-12H,3-4,6-7,9-10H2,1-2H3;7-10H,3-6H2,1-2H3;2H,1H3;1H. The summed E-state index contributed by atoms with van der Waals surface area (Å²) in [5.74, 6) is -0.130. The summed E-state index contributed by atoms with van der Waals surface area (Å²) in [6.45, 7) is 1.34. The number of thiophene rings is 2. The number of ether oxygens (including phenoxy) is 2. The quantitative estimate of drug-likeness (QED) is 0.232. The number of hydrogen-bond acceptors (Lipinski definition) is 14. The third kappa shape index (κ3) is 7.22. The molecule has 0 bridgehead atoms. The second-order valence-electron chi connectivity index (χ2n) is 13.9. The first-order valence-corrected chi connectivity index (χ1v) is 19.4. The summed E-state index contributed by atoms with van der Waals surface area (Å²) < 4.78 is 16.4. The SMILES string of the molecule is CN(C)c1ccnc2sc3c(=O)n(C4CCC(=O)CC4)cnc3c12.CN(C)c1ccnc2sc3c(=O)n(C4CCC5(CC4)OCCO5)cnc3c12.CO.Cl. The molecule has 6 aromatic heterocycles. The number of anilines is 2. The van der Waals surface area contributed by atoms with E-state index in [9.17, 15) is 14.4 Å². The fourth-order valence-electron chi connectivity index (χ4n) is 7.67. The topological polar surface area (TPSA) is 158 Å². The van der Waals surface area contributed by atoms with E-state index in [1.165, 1.54) is 22.7 Å². The van der Waals surface area contributed by atoms with Crippen LogP contribution in [-0.4, -0.2) is 94.3 Å². The minimum atomic E-state index is -0.417. The maximum Gasteiger partial charge on any atom is 0.271 e. The van der Waals surface area contributed by atoms with E-state index in [0.29, 0.717) is 35.5 Å². The largest absolute Gasteiger partial charge is 0.400 e. The summed E-state index contributed by atoms with van der Waals surface area (Å²) in [5, 5.41) is 8.90. The highest BCUT2D eigenvalue weighted by molar-refractivity contribution is 7.25. The number of fused-ring (bicyclic) bond motifs is 6. The van der Waals surface area contributed by atoms with Gasteiger partial charge in [-0.25, -0.2) is 19.9 Å². The molecule has 0 amide bonds. The van der Waals surface area contributed by atoms with Crippen LogP contribution in [0.2, 0.25) is 0 Å². The molecule has 54 heavy (non-hydrogen) atoms. The first kappa shape index (κ1) is 39.6. The van der Waals surface area contributed by atoms with Crippen molar-refractivity contribution in [2.75, 3.05) is 58.3 Å². The van der Waals surface area contributed by atoms with Gasteiger partial charge in [0, 0.05) is 85.5 Å². The summed E-state index contributed by atoms with van der Waals surface area (Å²) in [6, 6.07) is 4.11. The van der Waals surface area contributed by atoms with Crippen molar-refractivity contribution < 1.29 is 19.4 Å². The molecule has 3 fully saturated rings. The van der Waals surface area contributed by atoms with Crippen LogP contribution in [0.25, 0.3) is 40.9 Å². The number of rotatable bonds is 4. The van der Waals surface area contributed by atoms with Crippen LogP contribution in [0.3, 0.4) is 0 Å². The Bertz CT molecular complexity index is 2400. The average Bonchev–Trinajstić information content (AvgIpc) is 3.90. The van der Waals surface area contributed by atoms with Gasteiger partial charge in [0.2, 0.25) is 0 Å². The lowest BCUT2D eigenvalue weighted by Gasteiger charge is -2.35. The Hall–Kier alpha value is -4.06. The number of carbonyl (C=O) groups is 1. The van der Waals surface area contributed by atoms with Crippen molar-refractivity contribution in [1.82, 2.24) is 29.1 Å². The minimum absolute atomic E-state index is 0. The fraction of sp³-hybridized carbons (Fsp3) is 0.486. The number of aliphatic hydroxyl groups is 1. The maximum atomic E-state index is 13.2. The van der Waals surface area contributed by atoms with Crippen molar-refractivity contribution in [2.24, 2.45) is 0 Å². The monoisotopic (exact) mass is 796 g/mol. The number of nitrogens with zero attached hydrogens (tertiary/aromatic N) is 8. The Kier molecular flexibility index (Phi) is 12.0. The number of carbonyl (C=O) groups excluding carboxylic acids is 1. The van der Waals surface area contributed by atoms with Gasteiger partial charge in [-0.2, -0.15) is 0 Å². The number of aliphatic hydroxyl groups excluding tert-OH is 1. The van der Waals surface area contributed by atoms with Gasteiger partial charge in [0.25, 0.3) is 11.1 Å². The number of halogens is 1. The highest BCUT2D eigenvalue weighted by Crippen LogP contribution is 2.41. The van der Waals surface area contributed by atoms with Gasteiger partial charge in [0.05, 0.1) is 59.0 Å². The summed E-state index contributed by atoms with van der Waals surface area (Å²) >= 11 is 2.83. The molecule has 288 valence electrons. The molecule has 9 rings (SSSR count). The van der Waals surface area contributed by atoms with Crippen LogP contribution in [0.15, 0.2) is 46.8 Å². The third-order valence-electron chi connectivity index (χ3n) is 10.4. The zero-order valence-corrected chi connectivity index (χ0v) is 33.4. The van der Waals surface area contributed by atoms with Gasteiger partial charge in [-0.1, -0.05) is 0 Å². The predicted octanol–water partition coefficient (Wildman–Crippen LogP) is 5.72. The maximum absolute atomic E-state index is 13.2. The van der Waals surface area contributed by atoms with Gasteiger partial charge < -0.3 is 24.4 Å². The van der Waals surface area contributed by atoms with E-state index in [1.807, 2.05) is 50.1 Å². The number of aromatic nitrogens is 6. The molecule has 17 heteroatoms. The molecule has 0 radical (unpaired) electrons.